The number of ether oxygens (including phenoxy) is 2. The first kappa shape index (κ1) is 23.8. The number of benzene rings is 2. The maximum atomic E-state index is 12.8. The normalized spacial score (nSPS) is 19.9. The van der Waals surface area contributed by atoms with Gasteiger partial charge in [0.15, 0.2) is 6.10 Å². The van der Waals surface area contributed by atoms with Gasteiger partial charge in [0.2, 0.25) is 5.91 Å². The highest BCUT2D eigenvalue weighted by Gasteiger charge is 2.35. The van der Waals surface area contributed by atoms with Crippen LogP contribution in [0.4, 0.5) is 4.79 Å². The molecule has 3 N–H and O–H groups in total. The van der Waals surface area contributed by atoms with Crippen LogP contribution in [0.2, 0.25) is 0 Å². The van der Waals surface area contributed by atoms with E-state index in [4.69, 9.17) is 9.47 Å². The van der Waals surface area contributed by atoms with Crippen LogP contribution in [0.25, 0.3) is 11.1 Å². The summed E-state index contributed by atoms with van der Waals surface area (Å²) in [6.45, 7) is 4.33. The SMILES string of the molecule is CC(C)C(NC(=O)OCC1c2ccccc2-c2ccccc21)C(=O)NC[C@H]1CCO[C@H]1C(=O)O. The van der Waals surface area contributed by atoms with E-state index < -0.39 is 24.2 Å². The maximum Gasteiger partial charge on any atom is 0.407 e. The second-order valence-corrected chi connectivity index (χ2v) is 9.12. The van der Waals surface area contributed by atoms with Gasteiger partial charge in [0.05, 0.1) is 0 Å². The quantitative estimate of drug-likeness (QED) is 0.551. The Hall–Kier alpha value is -3.39. The van der Waals surface area contributed by atoms with Gasteiger partial charge < -0.3 is 25.2 Å². The van der Waals surface area contributed by atoms with Crippen molar-refractivity contribution in [3.05, 3.63) is 59.7 Å². The number of aliphatic carboxylic acids is 1. The number of rotatable bonds is 8. The summed E-state index contributed by atoms with van der Waals surface area (Å²) in [5.41, 5.74) is 4.51. The van der Waals surface area contributed by atoms with E-state index in [2.05, 4.69) is 22.8 Å². The van der Waals surface area contributed by atoms with Crippen LogP contribution in [0.15, 0.2) is 48.5 Å². The lowest BCUT2D eigenvalue weighted by atomic mass is 9.98. The third kappa shape index (κ3) is 4.92. The van der Waals surface area contributed by atoms with Gasteiger partial charge in [-0.15, -0.1) is 0 Å². The highest BCUT2D eigenvalue weighted by Crippen LogP contribution is 2.44. The van der Waals surface area contributed by atoms with Crippen LogP contribution in [-0.2, 0) is 19.1 Å². The van der Waals surface area contributed by atoms with Gasteiger partial charge in [0.1, 0.15) is 12.6 Å². The summed E-state index contributed by atoms with van der Waals surface area (Å²) in [6.07, 6.45) is -1.03. The molecule has 1 fully saturated rings. The van der Waals surface area contributed by atoms with E-state index in [9.17, 15) is 19.5 Å². The van der Waals surface area contributed by atoms with Crippen LogP contribution in [0.5, 0.6) is 0 Å². The summed E-state index contributed by atoms with van der Waals surface area (Å²) in [4.78, 5) is 36.7. The van der Waals surface area contributed by atoms with E-state index in [0.29, 0.717) is 13.0 Å². The van der Waals surface area contributed by atoms with Gasteiger partial charge in [0, 0.05) is 25.0 Å². The molecule has 4 rings (SSSR count). The predicted octanol–water partition coefficient (Wildman–Crippen LogP) is 3.16. The van der Waals surface area contributed by atoms with Crippen LogP contribution >= 0.6 is 0 Å². The molecule has 0 saturated carbocycles. The van der Waals surface area contributed by atoms with Gasteiger partial charge in [-0.3, -0.25) is 4.79 Å². The Labute approximate surface area is 198 Å². The Morgan fingerprint density at radius 2 is 1.68 bits per heavy atom. The van der Waals surface area contributed by atoms with Crippen LogP contribution in [0.1, 0.15) is 37.3 Å². The van der Waals surface area contributed by atoms with Crippen molar-refractivity contribution in [3.63, 3.8) is 0 Å². The molecule has 2 amide bonds. The molecule has 1 aliphatic carbocycles. The Morgan fingerprint density at radius 3 is 2.26 bits per heavy atom. The number of hydrogen-bond acceptors (Lipinski definition) is 5. The Balaban J connectivity index is 1.35. The van der Waals surface area contributed by atoms with Gasteiger partial charge in [-0.1, -0.05) is 62.4 Å². The number of nitrogens with one attached hydrogen (secondary N) is 2. The first-order valence-electron chi connectivity index (χ1n) is 11.6. The molecule has 0 spiro atoms. The molecule has 2 aromatic carbocycles. The van der Waals surface area contributed by atoms with Crippen LogP contribution < -0.4 is 10.6 Å². The summed E-state index contributed by atoms with van der Waals surface area (Å²) in [7, 11) is 0. The predicted molar refractivity (Wildman–Crippen MR) is 125 cm³/mol. The fourth-order valence-corrected chi connectivity index (χ4v) is 4.76. The topological polar surface area (TPSA) is 114 Å². The maximum absolute atomic E-state index is 12.8. The van der Waals surface area contributed by atoms with E-state index >= 15 is 0 Å². The summed E-state index contributed by atoms with van der Waals surface area (Å²) in [6, 6.07) is 15.4. The number of amides is 2. The molecule has 1 unspecified atom stereocenters. The number of carboxylic acid groups (broad SMARTS) is 1. The van der Waals surface area contributed by atoms with Crippen molar-refractivity contribution in [1.82, 2.24) is 10.6 Å². The number of carbonyl (C=O) groups excluding carboxylic acids is 2. The van der Waals surface area contributed by atoms with Crippen molar-refractivity contribution in [2.75, 3.05) is 19.8 Å². The Bertz CT molecular complexity index is 1020. The van der Waals surface area contributed by atoms with Gasteiger partial charge in [-0.05, 0) is 34.6 Å². The van der Waals surface area contributed by atoms with E-state index in [1.807, 2.05) is 50.2 Å². The molecule has 34 heavy (non-hydrogen) atoms. The summed E-state index contributed by atoms with van der Waals surface area (Å²) >= 11 is 0. The fourth-order valence-electron chi connectivity index (χ4n) is 4.76. The lowest BCUT2D eigenvalue weighted by Crippen LogP contribution is -2.51. The van der Waals surface area contributed by atoms with Crippen molar-refractivity contribution in [2.45, 2.75) is 38.3 Å². The standard InChI is InChI=1S/C26H30N2O6/c1-15(2)22(24(29)27-13-16-11-12-33-23(16)25(30)31)28-26(32)34-14-21-19-9-5-3-7-17(19)18-8-4-6-10-20(18)21/h3-10,15-16,21-23H,11-14H2,1-2H3,(H,27,29)(H,28,32)(H,30,31)/t16-,22?,23-/m1/s1. The first-order chi connectivity index (χ1) is 16.4. The van der Waals surface area contributed by atoms with E-state index in [1.165, 1.54) is 0 Å². The van der Waals surface area contributed by atoms with Crippen molar-refractivity contribution in [1.29, 1.82) is 0 Å². The largest absolute Gasteiger partial charge is 0.479 e. The summed E-state index contributed by atoms with van der Waals surface area (Å²) in [5.74, 6) is -1.97. The number of fused-ring (bicyclic) bond motifs is 3. The van der Waals surface area contributed by atoms with E-state index in [-0.39, 0.29) is 36.8 Å². The molecule has 0 bridgehead atoms. The Kier molecular flexibility index (Phi) is 7.17. The van der Waals surface area contributed by atoms with Gasteiger partial charge in [0.25, 0.3) is 0 Å². The number of carbonyl (C=O) groups is 3. The molecule has 0 radical (unpaired) electrons. The third-order valence-electron chi connectivity index (χ3n) is 6.56. The molecule has 8 nitrogen and oxygen atoms in total. The average molecular weight is 467 g/mol. The number of alkyl carbamates (subject to hydrolysis) is 1. The lowest BCUT2D eigenvalue weighted by molar-refractivity contribution is -0.149. The minimum absolute atomic E-state index is 0.0696. The van der Waals surface area contributed by atoms with Crippen molar-refractivity contribution >= 4 is 18.0 Å². The fraction of sp³-hybridized carbons (Fsp3) is 0.423. The zero-order chi connectivity index (χ0) is 24.2. The van der Waals surface area contributed by atoms with Gasteiger partial charge in [-0.25, -0.2) is 9.59 Å². The van der Waals surface area contributed by atoms with Gasteiger partial charge in [-0.2, -0.15) is 0 Å². The average Bonchev–Trinajstić information content (AvgIpc) is 3.42. The molecule has 1 heterocycles. The Morgan fingerprint density at radius 1 is 1.06 bits per heavy atom. The summed E-state index contributed by atoms with van der Waals surface area (Å²) < 4.78 is 10.8. The number of hydrogen-bond donors (Lipinski definition) is 3. The molecule has 8 heteroatoms. The zero-order valence-electron chi connectivity index (χ0n) is 19.3. The third-order valence-corrected chi connectivity index (χ3v) is 6.56. The van der Waals surface area contributed by atoms with E-state index in [1.54, 1.807) is 0 Å². The van der Waals surface area contributed by atoms with Crippen LogP contribution in [0.3, 0.4) is 0 Å². The summed E-state index contributed by atoms with van der Waals surface area (Å²) in [5, 5.41) is 14.7. The first-order valence-corrected chi connectivity index (χ1v) is 11.6. The molecular formula is C26H30N2O6. The minimum Gasteiger partial charge on any atom is -0.479 e. The highest BCUT2D eigenvalue weighted by atomic mass is 16.5. The van der Waals surface area contributed by atoms with Crippen molar-refractivity contribution < 1.29 is 29.0 Å². The molecule has 1 aliphatic heterocycles. The van der Waals surface area contributed by atoms with Crippen molar-refractivity contribution in [3.8, 4) is 11.1 Å². The molecular weight excluding hydrogens is 436 g/mol. The van der Waals surface area contributed by atoms with Crippen molar-refractivity contribution in [2.24, 2.45) is 11.8 Å². The monoisotopic (exact) mass is 466 g/mol. The molecule has 0 aromatic heterocycles. The van der Waals surface area contributed by atoms with Gasteiger partial charge >= 0.3 is 12.1 Å². The van der Waals surface area contributed by atoms with Crippen LogP contribution in [-0.4, -0.2) is 55.0 Å². The molecule has 1 saturated heterocycles. The van der Waals surface area contributed by atoms with E-state index in [0.717, 1.165) is 22.3 Å². The van der Waals surface area contributed by atoms with Crippen LogP contribution in [0, 0.1) is 11.8 Å². The molecule has 2 aromatic rings. The molecule has 3 atom stereocenters. The number of carboxylic acids is 1. The second kappa shape index (κ2) is 10.3. The zero-order valence-corrected chi connectivity index (χ0v) is 19.3. The lowest BCUT2D eigenvalue weighted by Gasteiger charge is -2.23. The smallest absolute Gasteiger partial charge is 0.407 e. The molecule has 2 aliphatic rings. The highest BCUT2D eigenvalue weighted by molar-refractivity contribution is 5.86. The molecule has 180 valence electrons. The second-order valence-electron chi connectivity index (χ2n) is 9.12. The minimum atomic E-state index is -1.03.